The Bertz CT molecular complexity index is 725. The highest BCUT2D eigenvalue weighted by Crippen LogP contribution is 2.31. The van der Waals surface area contributed by atoms with Crippen molar-refractivity contribution in [2.75, 3.05) is 0 Å². The number of carbonyl (C=O) groups is 2. The van der Waals surface area contributed by atoms with Gasteiger partial charge in [-0.1, -0.05) is 25.8 Å². The second-order valence-electron chi connectivity index (χ2n) is 5.88. The van der Waals surface area contributed by atoms with Gasteiger partial charge < -0.3 is 14.8 Å². The zero-order valence-corrected chi connectivity index (χ0v) is 12.5. The highest BCUT2D eigenvalue weighted by Gasteiger charge is 2.43. The molecule has 5 nitrogen and oxygen atoms in total. The maximum Gasteiger partial charge on any atom is 0.329 e. The molecule has 1 aliphatic carbocycles. The summed E-state index contributed by atoms with van der Waals surface area (Å²) < 4.78 is 5.42. The van der Waals surface area contributed by atoms with Crippen LogP contribution in [0.25, 0.3) is 11.0 Å². The number of carbonyl (C=O) groups excluding carboxylic acids is 1. The van der Waals surface area contributed by atoms with Gasteiger partial charge in [0.15, 0.2) is 0 Å². The average molecular weight is 301 g/mol. The van der Waals surface area contributed by atoms with Gasteiger partial charge in [-0.2, -0.15) is 0 Å². The standard InChI is InChI=1S/C17H19NO4/c1-2-11-5-6-14-12(9-11)13(10-22-14)15(19)18-17(16(20)21)7-3-4-8-17/h5-6,9-10H,2-4,7-8H2,1H3,(H,18,19)(H,20,21). The number of aliphatic carboxylic acids is 1. The third-order valence-corrected chi connectivity index (χ3v) is 4.51. The zero-order chi connectivity index (χ0) is 15.7. The predicted octanol–water partition coefficient (Wildman–Crippen LogP) is 3.12. The first kappa shape index (κ1) is 14.6. The Morgan fingerprint density at radius 3 is 2.68 bits per heavy atom. The number of carboxylic acid groups (broad SMARTS) is 1. The van der Waals surface area contributed by atoms with Crippen LogP contribution in [0, 0.1) is 0 Å². The van der Waals surface area contributed by atoms with Crippen LogP contribution < -0.4 is 5.32 Å². The number of rotatable bonds is 4. The van der Waals surface area contributed by atoms with E-state index >= 15 is 0 Å². The molecule has 2 aromatic rings. The third kappa shape index (κ3) is 2.36. The minimum Gasteiger partial charge on any atom is -0.480 e. The predicted molar refractivity (Wildman–Crippen MR) is 81.9 cm³/mol. The molecule has 0 unspecified atom stereocenters. The molecule has 0 bridgehead atoms. The first-order valence-corrected chi connectivity index (χ1v) is 7.62. The summed E-state index contributed by atoms with van der Waals surface area (Å²) >= 11 is 0. The monoisotopic (exact) mass is 301 g/mol. The summed E-state index contributed by atoms with van der Waals surface area (Å²) in [4.78, 5) is 24.1. The molecule has 22 heavy (non-hydrogen) atoms. The molecule has 1 heterocycles. The van der Waals surface area contributed by atoms with Gasteiger partial charge in [0, 0.05) is 5.39 Å². The normalized spacial score (nSPS) is 16.8. The maximum absolute atomic E-state index is 12.6. The molecule has 1 aromatic carbocycles. The summed E-state index contributed by atoms with van der Waals surface area (Å²) in [5.74, 6) is -1.34. The van der Waals surface area contributed by atoms with Gasteiger partial charge in [-0.15, -0.1) is 0 Å². The molecule has 1 aliphatic rings. The van der Waals surface area contributed by atoms with Crippen LogP contribution >= 0.6 is 0 Å². The molecule has 0 radical (unpaired) electrons. The van der Waals surface area contributed by atoms with Crippen molar-refractivity contribution < 1.29 is 19.1 Å². The Hall–Kier alpha value is -2.30. The van der Waals surface area contributed by atoms with Crippen LogP contribution in [0.4, 0.5) is 0 Å². The molecule has 1 saturated carbocycles. The Labute approximate surface area is 128 Å². The molecule has 1 amide bonds. The lowest BCUT2D eigenvalue weighted by atomic mass is 9.97. The van der Waals surface area contributed by atoms with Crippen LogP contribution in [0.3, 0.4) is 0 Å². The van der Waals surface area contributed by atoms with Crippen LogP contribution in [0.1, 0.15) is 48.5 Å². The Morgan fingerprint density at radius 1 is 1.32 bits per heavy atom. The SMILES string of the molecule is CCc1ccc2occ(C(=O)NC3(C(=O)O)CCCC3)c2c1. The quantitative estimate of drug-likeness (QED) is 0.909. The molecule has 1 aromatic heterocycles. The van der Waals surface area contributed by atoms with Gasteiger partial charge in [-0.25, -0.2) is 4.79 Å². The number of hydrogen-bond donors (Lipinski definition) is 2. The lowest BCUT2D eigenvalue weighted by Crippen LogP contribution is -2.52. The first-order chi connectivity index (χ1) is 10.6. The van der Waals surface area contributed by atoms with Gasteiger partial charge in [0.25, 0.3) is 5.91 Å². The van der Waals surface area contributed by atoms with E-state index in [0.29, 0.717) is 24.0 Å². The topological polar surface area (TPSA) is 79.5 Å². The number of amides is 1. The van der Waals surface area contributed by atoms with Crippen molar-refractivity contribution in [2.24, 2.45) is 0 Å². The number of furan rings is 1. The van der Waals surface area contributed by atoms with E-state index in [2.05, 4.69) is 5.32 Å². The fraction of sp³-hybridized carbons (Fsp3) is 0.412. The fourth-order valence-electron chi connectivity index (χ4n) is 3.13. The number of benzene rings is 1. The summed E-state index contributed by atoms with van der Waals surface area (Å²) in [7, 11) is 0. The van der Waals surface area contributed by atoms with Crippen molar-refractivity contribution in [3.8, 4) is 0 Å². The van der Waals surface area contributed by atoms with E-state index in [1.54, 1.807) is 0 Å². The first-order valence-electron chi connectivity index (χ1n) is 7.62. The van der Waals surface area contributed by atoms with Crippen LogP contribution in [0.5, 0.6) is 0 Å². The second kappa shape index (κ2) is 5.48. The fourth-order valence-corrected chi connectivity index (χ4v) is 3.13. The van der Waals surface area contributed by atoms with E-state index < -0.39 is 11.5 Å². The van der Waals surface area contributed by atoms with Crippen LogP contribution in [-0.2, 0) is 11.2 Å². The number of aryl methyl sites for hydroxylation is 1. The van der Waals surface area contributed by atoms with Crippen LogP contribution in [0.2, 0.25) is 0 Å². The van der Waals surface area contributed by atoms with Gasteiger partial charge >= 0.3 is 5.97 Å². The molecule has 0 atom stereocenters. The lowest BCUT2D eigenvalue weighted by molar-refractivity contribution is -0.144. The minimum atomic E-state index is -1.14. The average Bonchev–Trinajstić information content (AvgIpc) is 3.13. The van der Waals surface area contributed by atoms with Crippen molar-refractivity contribution >= 4 is 22.8 Å². The molecular formula is C17H19NO4. The second-order valence-corrected chi connectivity index (χ2v) is 5.88. The van der Waals surface area contributed by atoms with Gasteiger partial charge in [-0.3, -0.25) is 4.79 Å². The van der Waals surface area contributed by atoms with Crippen LogP contribution in [0.15, 0.2) is 28.9 Å². The van der Waals surface area contributed by atoms with Gasteiger partial charge in [0.05, 0.1) is 5.56 Å². The Kier molecular flexibility index (Phi) is 3.64. The molecule has 116 valence electrons. The van der Waals surface area contributed by atoms with Gasteiger partial charge in [-0.05, 0) is 37.0 Å². The Balaban J connectivity index is 1.93. The highest BCUT2D eigenvalue weighted by molar-refractivity contribution is 6.07. The molecule has 0 aliphatic heterocycles. The summed E-state index contributed by atoms with van der Waals surface area (Å²) in [6.45, 7) is 2.04. The van der Waals surface area contributed by atoms with E-state index in [1.807, 2.05) is 25.1 Å². The largest absolute Gasteiger partial charge is 0.480 e. The molecular weight excluding hydrogens is 282 g/mol. The van der Waals surface area contributed by atoms with Gasteiger partial charge in [0.1, 0.15) is 17.4 Å². The minimum absolute atomic E-state index is 0.378. The molecule has 1 fully saturated rings. The zero-order valence-electron chi connectivity index (χ0n) is 12.5. The van der Waals surface area contributed by atoms with Crippen molar-refractivity contribution in [2.45, 2.75) is 44.6 Å². The summed E-state index contributed by atoms with van der Waals surface area (Å²) in [6, 6.07) is 5.73. The van der Waals surface area contributed by atoms with E-state index in [-0.39, 0.29) is 5.91 Å². The lowest BCUT2D eigenvalue weighted by Gasteiger charge is -2.25. The van der Waals surface area contributed by atoms with Crippen LogP contribution in [-0.4, -0.2) is 22.5 Å². The number of nitrogens with one attached hydrogen (secondary N) is 1. The third-order valence-electron chi connectivity index (χ3n) is 4.51. The maximum atomic E-state index is 12.6. The smallest absolute Gasteiger partial charge is 0.329 e. The van der Waals surface area contributed by atoms with Crippen molar-refractivity contribution in [1.29, 1.82) is 0 Å². The molecule has 0 saturated heterocycles. The Morgan fingerprint density at radius 2 is 2.05 bits per heavy atom. The van der Waals surface area contributed by atoms with E-state index in [9.17, 15) is 14.7 Å². The molecule has 5 heteroatoms. The number of fused-ring (bicyclic) bond motifs is 1. The summed E-state index contributed by atoms with van der Waals surface area (Å²) in [5.41, 5.74) is 1.01. The van der Waals surface area contributed by atoms with Crippen molar-refractivity contribution in [3.05, 3.63) is 35.6 Å². The van der Waals surface area contributed by atoms with E-state index in [1.165, 1.54) is 6.26 Å². The summed E-state index contributed by atoms with van der Waals surface area (Å²) in [6.07, 6.45) is 4.86. The van der Waals surface area contributed by atoms with Gasteiger partial charge in [0.2, 0.25) is 0 Å². The van der Waals surface area contributed by atoms with E-state index in [0.717, 1.165) is 30.2 Å². The van der Waals surface area contributed by atoms with Crippen molar-refractivity contribution in [3.63, 3.8) is 0 Å². The number of carboxylic acids is 1. The molecule has 2 N–H and O–H groups in total. The molecule has 3 rings (SSSR count). The highest BCUT2D eigenvalue weighted by atomic mass is 16.4. The summed E-state index contributed by atoms with van der Waals surface area (Å²) in [5, 5.41) is 12.9. The molecule has 0 spiro atoms. The van der Waals surface area contributed by atoms with Crippen molar-refractivity contribution in [1.82, 2.24) is 5.32 Å². The van der Waals surface area contributed by atoms with E-state index in [4.69, 9.17) is 4.42 Å². The number of hydrogen-bond acceptors (Lipinski definition) is 3.